The Morgan fingerprint density at radius 1 is 0.857 bits per heavy atom. The highest BCUT2D eigenvalue weighted by atomic mass is 16.2. The maximum Gasteiger partial charge on any atom is 0.255 e. The van der Waals surface area contributed by atoms with Crippen LogP contribution in [0.4, 0.5) is 11.4 Å². The highest BCUT2D eigenvalue weighted by molar-refractivity contribution is 6.05. The van der Waals surface area contributed by atoms with Crippen molar-refractivity contribution >= 4 is 23.2 Å². The van der Waals surface area contributed by atoms with Crippen molar-refractivity contribution in [1.29, 1.82) is 0 Å². The van der Waals surface area contributed by atoms with Crippen LogP contribution < -0.4 is 10.6 Å². The second kappa shape index (κ2) is 6.22. The number of nitrogens with one attached hydrogen (secondary N) is 2. The lowest BCUT2D eigenvalue weighted by atomic mass is 10.0. The Kier molecular flexibility index (Phi) is 4.38. The van der Waals surface area contributed by atoms with Crippen LogP contribution in [0.5, 0.6) is 0 Å². The standard InChI is InChI=1S/C17H18N2O2/c1-11-5-4-6-16(12(11)2)17(21)19-15-9-7-14(8-10-15)18-13(3)20/h4-10H,1-3H3,(H,18,20)(H,19,21). The molecule has 4 heteroatoms. The van der Waals surface area contributed by atoms with E-state index < -0.39 is 0 Å². The molecule has 21 heavy (non-hydrogen) atoms. The molecule has 2 amide bonds. The fourth-order valence-corrected chi connectivity index (χ4v) is 2.04. The highest BCUT2D eigenvalue weighted by Gasteiger charge is 2.10. The molecule has 0 spiro atoms. The number of carbonyl (C=O) groups excluding carboxylic acids is 2. The molecule has 0 aliphatic rings. The van der Waals surface area contributed by atoms with Gasteiger partial charge in [-0.2, -0.15) is 0 Å². The predicted molar refractivity (Wildman–Crippen MR) is 84.6 cm³/mol. The number of carbonyl (C=O) groups is 2. The first-order chi connectivity index (χ1) is 9.97. The van der Waals surface area contributed by atoms with Gasteiger partial charge in [-0.15, -0.1) is 0 Å². The first-order valence-corrected chi connectivity index (χ1v) is 6.72. The van der Waals surface area contributed by atoms with Crippen molar-refractivity contribution in [3.05, 3.63) is 59.2 Å². The van der Waals surface area contributed by atoms with Crippen LogP contribution in [-0.4, -0.2) is 11.8 Å². The molecule has 0 aliphatic heterocycles. The molecule has 0 saturated heterocycles. The lowest BCUT2D eigenvalue weighted by Crippen LogP contribution is -2.14. The van der Waals surface area contributed by atoms with Gasteiger partial charge < -0.3 is 10.6 Å². The Bertz CT molecular complexity index is 676. The van der Waals surface area contributed by atoms with Gasteiger partial charge in [-0.1, -0.05) is 12.1 Å². The van der Waals surface area contributed by atoms with Gasteiger partial charge >= 0.3 is 0 Å². The summed E-state index contributed by atoms with van der Waals surface area (Å²) in [5, 5.41) is 5.54. The van der Waals surface area contributed by atoms with E-state index >= 15 is 0 Å². The van der Waals surface area contributed by atoms with E-state index in [1.54, 1.807) is 24.3 Å². The smallest absolute Gasteiger partial charge is 0.255 e. The van der Waals surface area contributed by atoms with Gasteiger partial charge in [-0.25, -0.2) is 0 Å². The van der Waals surface area contributed by atoms with Crippen LogP contribution in [-0.2, 0) is 4.79 Å². The second-order valence-electron chi connectivity index (χ2n) is 4.96. The summed E-state index contributed by atoms with van der Waals surface area (Å²) in [6, 6.07) is 12.7. The zero-order valence-corrected chi connectivity index (χ0v) is 12.4. The fourth-order valence-electron chi connectivity index (χ4n) is 2.04. The molecule has 0 bridgehead atoms. The molecule has 0 aromatic heterocycles. The molecule has 0 atom stereocenters. The molecule has 0 fully saturated rings. The fraction of sp³-hybridized carbons (Fsp3) is 0.176. The monoisotopic (exact) mass is 282 g/mol. The van der Waals surface area contributed by atoms with E-state index in [-0.39, 0.29) is 11.8 Å². The minimum atomic E-state index is -0.136. The summed E-state index contributed by atoms with van der Waals surface area (Å²) < 4.78 is 0. The molecular formula is C17H18N2O2. The number of benzene rings is 2. The molecule has 2 aromatic rings. The summed E-state index contributed by atoms with van der Waals surface area (Å²) in [6.45, 7) is 5.37. The zero-order valence-electron chi connectivity index (χ0n) is 12.4. The molecule has 2 N–H and O–H groups in total. The van der Waals surface area contributed by atoms with E-state index in [0.717, 1.165) is 11.1 Å². The molecule has 108 valence electrons. The second-order valence-corrected chi connectivity index (χ2v) is 4.96. The number of amides is 2. The van der Waals surface area contributed by atoms with Crippen LogP contribution in [0.2, 0.25) is 0 Å². The molecule has 2 aromatic carbocycles. The third-order valence-electron chi connectivity index (χ3n) is 3.31. The van der Waals surface area contributed by atoms with Gasteiger partial charge in [0.05, 0.1) is 0 Å². The van der Waals surface area contributed by atoms with Crippen molar-refractivity contribution < 1.29 is 9.59 Å². The molecule has 2 rings (SSSR count). The number of anilines is 2. The van der Waals surface area contributed by atoms with E-state index in [9.17, 15) is 9.59 Å². The van der Waals surface area contributed by atoms with Gasteiger partial charge in [0.1, 0.15) is 0 Å². The maximum absolute atomic E-state index is 12.3. The van der Waals surface area contributed by atoms with E-state index in [1.165, 1.54) is 6.92 Å². The number of aryl methyl sites for hydroxylation is 1. The van der Waals surface area contributed by atoms with Gasteiger partial charge in [-0.05, 0) is 55.3 Å². The largest absolute Gasteiger partial charge is 0.326 e. The summed E-state index contributed by atoms with van der Waals surface area (Å²) >= 11 is 0. The van der Waals surface area contributed by atoms with Crippen LogP contribution in [0.3, 0.4) is 0 Å². The Morgan fingerprint density at radius 3 is 2.00 bits per heavy atom. The van der Waals surface area contributed by atoms with Crippen molar-refractivity contribution in [3.63, 3.8) is 0 Å². The average molecular weight is 282 g/mol. The first-order valence-electron chi connectivity index (χ1n) is 6.72. The van der Waals surface area contributed by atoms with Crippen LogP contribution in [0.1, 0.15) is 28.4 Å². The third kappa shape index (κ3) is 3.69. The maximum atomic E-state index is 12.3. The van der Waals surface area contributed by atoms with E-state index in [1.807, 2.05) is 32.0 Å². The summed E-state index contributed by atoms with van der Waals surface area (Å²) in [5.74, 6) is -0.259. The van der Waals surface area contributed by atoms with Crippen molar-refractivity contribution in [1.82, 2.24) is 0 Å². The Hall–Kier alpha value is -2.62. The molecule has 4 nitrogen and oxygen atoms in total. The van der Waals surface area contributed by atoms with E-state index in [0.29, 0.717) is 16.9 Å². The highest BCUT2D eigenvalue weighted by Crippen LogP contribution is 2.17. The Labute approximate surface area is 124 Å². The minimum Gasteiger partial charge on any atom is -0.326 e. The van der Waals surface area contributed by atoms with Gasteiger partial charge in [0, 0.05) is 23.9 Å². The average Bonchev–Trinajstić information content (AvgIpc) is 2.43. The quantitative estimate of drug-likeness (QED) is 0.905. The van der Waals surface area contributed by atoms with Gasteiger partial charge in [0.2, 0.25) is 5.91 Å². The van der Waals surface area contributed by atoms with Crippen molar-refractivity contribution in [2.75, 3.05) is 10.6 Å². The zero-order chi connectivity index (χ0) is 15.4. The number of hydrogen-bond acceptors (Lipinski definition) is 2. The number of hydrogen-bond donors (Lipinski definition) is 2. The molecule has 0 radical (unpaired) electrons. The van der Waals surface area contributed by atoms with Gasteiger partial charge in [0.15, 0.2) is 0 Å². The lowest BCUT2D eigenvalue weighted by Gasteiger charge is -2.10. The Balaban J connectivity index is 2.12. The third-order valence-corrected chi connectivity index (χ3v) is 3.31. The van der Waals surface area contributed by atoms with Crippen LogP contribution in [0.25, 0.3) is 0 Å². The first kappa shape index (κ1) is 14.8. The molecule has 0 saturated carbocycles. The van der Waals surface area contributed by atoms with Gasteiger partial charge in [-0.3, -0.25) is 9.59 Å². The van der Waals surface area contributed by atoms with Crippen LogP contribution in [0.15, 0.2) is 42.5 Å². The summed E-state index contributed by atoms with van der Waals surface area (Å²) in [4.78, 5) is 23.2. The molecular weight excluding hydrogens is 264 g/mol. The topological polar surface area (TPSA) is 58.2 Å². The van der Waals surface area contributed by atoms with Crippen molar-refractivity contribution in [3.8, 4) is 0 Å². The predicted octanol–water partition coefficient (Wildman–Crippen LogP) is 3.51. The molecule has 0 unspecified atom stereocenters. The minimum absolute atomic E-state index is 0.123. The van der Waals surface area contributed by atoms with Crippen LogP contribution >= 0.6 is 0 Å². The van der Waals surface area contributed by atoms with E-state index in [4.69, 9.17) is 0 Å². The normalized spacial score (nSPS) is 10.0. The summed E-state index contributed by atoms with van der Waals surface area (Å²) in [7, 11) is 0. The summed E-state index contributed by atoms with van der Waals surface area (Å²) in [6.07, 6.45) is 0. The summed E-state index contributed by atoms with van der Waals surface area (Å²) in [5.41, 5.74) is 4.12. The van der Waals surface area contributed by atoms with Crippen molar-refractivity contribution in [2.45, 2.75) is 20.8 Å². The Morgan fingerprint density at radius 2 is 1.43 bits per heavy atom. The van der Waals surface area contributed by atoms with Gasteiger partial charge in [0.25, 0.3) is 5.91 Å². The van der Waals surface area contributed by atoms with Crippen molar-refractivity contribution in [2.24, 2.45) is 0 Å². The lowest BCUT2D eigenvalue weighted by molar-refractivity contribution is -0.114. The van der Waals surface area contributed by atoms with Crippen LogP contribution in [0, 0.1) is 13.8 Å². The van der Waals surface area contributed by atoms with E-state index in [2.05, 4.69) is 10.6 Å². The number of rotatable bonds is 3. The molecule has 0 heterocycles. The molecule has 0 aliphatic carbocycles. The SMILES string of the molecule is CC(=O)Nc1ccc(NC(=O)c2cccc(C)c2C)cc1.